The average Bonchev–Trinajstić information content (AvgIpc) is 2.63. The van der Waals surface area contributed by atoms with Crippen molar-refractivity contribution in [3.05, 3.63) is 52.5 Å². The van der Waals surface area contributed by atoms with E-state index in [4.69, 9.17) is 4.74 Å². The van der Waals surface area contributed by atoms with E-state index in [0.717, 1.165) is 6.42 Å². The van der Waals surface area contributed by atoms with E-state index < -0.39 is 10.0 Å². The molecule has 0 heterocycles. The summed E-state index contributed by atoms with van der Waals surface area (Å²) in [7, 11) is -3.84. The minimum atomic E-state index is -3.84. The second-order valence-electron chi connectivity index (χ2n) is 5.99. The monoisotopic (exact) mass is 454 g/mol. The molecule has 27 heavy (non-hydrogen) atoms. The second-order valence-corrected chi connectivity index (χ2v) is 8.53. The number of halogens is 1. The third-order valence-corrected chi connectivity index (χ3v) is 5.88. The maximum Gasteiger partial charge on any atom is 0.261 e. The number of benzene rings is 2. The van der Waals surface area contributed by atoms with E-state index in [2.05, 4.69) is 26.0 Å². The molecule has 0 unspecified atom stereocenters. The van der Waals surface area contributed by atoms with Gasteiger partial charge in [0.2, 0.25) is 0 Å². The molecule has 0 spiro atoms. The maximum absolute atomic E-state index is 12.7. The van der Waals surface area contributed by atoms with Gasteiger partial charge in [0.05, 0.1) is 21.7 Å². The van der Waals surface area contributed by atoms with Crippen LogP contribution in [0, 0.1) is 0 Å². The van der Waals surface area contributed by atoms with Crippen molar-refractivity contribution in [2.45, 2.75) is 38.1 Å². The molecule has 0 aromatic heterocycles. The van der Waals surface area contributed by atoms with E-state index in [1.165, 1.54) is 12.1 Å². The van der Waals surface area contributed by atoms with E-state index in [-0.39, 0.29) is 16.8 Å². The fourth-order valence-corrected chi connectivity index (χ4v) is 3.85. The number of anilines is 1. The summed E-state index contributed by atoms with van der Waals surface area (Å²) in [5.41, 5.74) is 0.686. The van der Waals surface area contributed by atoms with Gasteiger partial charge in [0.1, 0.15) is 5.75 Å². The van der Waals surface area contributed by atoms with E-state index >= 15 is 0 Å². The minimum Gasteiger partial charge on any atom is -0.493 e. The summed E-state index contributed by atoms with van der Waals surface area (Å²) in [6.07, 6.45) is 0.790. The van der Waals surface area contributed by atoms with Crippen LogP contribution in [0.1, 0.15) is 37.6 Å². The molecule has 2 rings (SSSR count). The molecule has 6 nitrogen and oxygen atoms in total. The smallest absolute Gasteiger partial charge is 0.261 e. The van der Waals surface area contributed by atoms with Crippen LogP contribution in [-0.2, 0) is 10.0 Å². The minimum absolute atomic E-state index is 0.0112. The van der Waals surface area contributed by atoms with Crippen LogP contribution in [0.15, 0.2) is 51.8 Å². The van der Waals surface area contributed by atoms with Gasteiger partial charge in [-0.25, -0.2) is 8.42 Å². The fourth-order valence-electron chi connectivity index (χ4n) is 2.26. The lowest BCUT2D eigenvalue weighted by Crippen LogP contribution is -2.32. The van der Waals surface area contributed by atoms with Crippen molar-refractivity contribution >= 4 is 37.5 Å². The number of hydrogen-bond donors (Lipinski definition) is 2. The molecule has 0 radical (unpaired) electrons. The van der Waals surface area contributed by atoms with E-state index in [9.17, 15) is 13.2 Å². The Morgan fingerprint density at radius 1 is 1.19 bits per heavy atom. The fraction of sp³-hybridized carbons (Fsp3) is 0.316. The quantitative estimate of drug-likeness (QED) is 0.626. The van der Waals surface area contributed by atoms with E-state index in [1.807, 2.05) is 20.8 Å². The summed E-state index contributed by atoms with van der Waals surface area (Å²) >= 11 is 3.36. The molecule has 1 amide bonds. The first-order valence-corrected chi connectivity index (χ1v) is 10.9. The van der Waals surface area contributed by atoms with Crippen molar-refractivity contribution in [1.82, 2.24) is 5.32 Å². The molecule has 2 aromatic carbocycles. The first kappa shape index (κ1) is 21.2. The van der Waals surface area contributed by atoms with E-state index in [1.54, 1.807) is 30.3 Å². The summed E-state index contributed by atoms with van der Waals surface area (Å²) in [4.78, 5) is 12.3. The summed E-state index contributed by atoms with van der Waals surface area (Å²) in [5, 5.41) is 2.83. The Balaban J connectivity index is 2.23. The average molecular weight is 455 g/mol. The largest absolute Gasteiger partial charge is 0.493 e. The molecular weight excluding hydrogens is 432 g/mol. The number of carbonyl (C=O) groups excluding carboxylic acids is 1. The molecule has 0 fully saturated rings. The SMILES string of the molecule is CCOc1ccc(NS(=O)(=O)c2cccc(C(=O)N[C@@H](C)CC)c2)cc1Br. The van der Waals surface area contributed by atoms with Crippen LogP contribution >= 0.6 is 15.9 Å². The Morgan fingerprint density at radius 2 is 1.93 bits per heavy atom. The van der Waals surface area contributed by atoms with Gasteiger partial charge < -0.3 is 10.1 Å². The zero-order valence-corrected chi connectivity index (χ0v) is 17.9. The maximum atomic E-state index is 12.7. The zero-order valence-electron chi connectivity index (χ0n) is 15.5. The van der Waals surface area contributed by atoms with Crippen LogP contribution < -0.4 is 14.8 Å². The van der Waals surface area contributed by atoms with Gasteiger partial charge in [-0.3, -0.25) is 9.52 Å². The van der Waals surface area contributed by atoms with Gasteiger partial charge in [0, 0.05) is 11.6 Å². The predicted molar refractivity (Wildman–Crippen MR) is 110 cm³/mol. The number of nitrogens with one attached hydrogen (secondary N) is 2. The molecule has 146 valence electrons. The summed E-state index contributed by atoms with van der Waals surface area (Å²) < 4.78 is 34.0. The van der Waals surface area contributed by atoms with Crippen LogP contribution in [0.5, 0.6) is 5.75 Å². The van der Waals surface area contributed by atoms with Crippen molar-refractivity contribution in [1.29, 1.82) is 0 Å². The topological polar surface area (TPSA) is 84.5 Å². The molecule has 0 bridgehead atoms. The molecule has 0 saturated carbocycles. The van der Waals surface area contributed by atoms with Crippen molar-refractivity contribution in [3.63, 3.8) is 0 Å². The van der Waals surface area contributed by atoms with E-state index in [0.29, 0.717) is 28.1 Å². The van der Waals surface area contributed by atoms with Crippen LogP contribution in [0.4, 0.5) is 5.69 Å². The van der Waals surface area contributed by atoms with Crippen LogP contribution in [0.25, 0.3) is 0 Å². The first-order chi connectivity index (χ1) is 12.8. The van der Waals surface area contributed by atoms with Gasteiger partial charge in [-0.05, 0) is 72.6 Å². The normalized spacial score (nSPS) is 12.3. The number of sulfonamides is 1. The van der Waals surface area contributed by atoms with Crippen LogP contribution in [-0.4, -0.2) is 27.0 Å². The number of amides is 1. The summed E-state index contributed by atoms with van der Waals surface area (Å²) in [6.45, 7) is 6.23. The first-order valence-electron chi connectivity index (χ1n) is 8.63. The number of hydrogen-bond acceptors (Lipinski definition) is 4. The lowest BCUT2D eigenvalue weighted by Gasteiger charge is -2.13. The highest BCUT2D eigenvalue weighted by Gasteiger charge is 2.18. The van der Waals surface area contributed by atoms with Gasteiger partial charge in [-0.15, -0.1) is 0 Å². The van der Waals surface area contributed by atoms with Gasteiger partial charge in [-0.1, -0.05) is 13.0 Å². The molecule has 1 atom stereocenters. The second kappa shape index (κ2) is 9.23. The third kappa shape index (κ3) is 5.71. The van der Waals surface area contributed by atoms with Crippen molar-refractivity contribution in [2.75, 3.05) is 11.3 Å². The molecular formula is C19H23BrN2O4S. The van der Waals surface area contributed by atoms with Gasteiger partial charge in [0.15, 0.2) is 0 Å². The molecule has 8 heteroatoms. The lowest BCUT2D eigenvalue weighted by molar-refractivity contribution is 0.0939. The number of ether oxygens (including phenoxy) is 1. The molecule has 0 aliphatic rings. The Kier molecular flexibility index (Phi) is 7.26. The highest BCUT2D eigenvalue weighted by molar-refractivity contribution is 9.10. The van der Waals surface area contributed by atoms with Crippen molar-refractivity contribution < 1.29 is 17.9 Å². The standard InChI is InChI=1S/C19H23BrN2O4S/c1-4-13(3)21-19(23)14-7-6-8-16(11-14)27(24,25)22-15-9-10-18(26-5-2)17(20)12-15/h6-13,22H,4-5H2,1-3H3,(H,21,23)/t13-/m0/s1. The zero-order chi connectivity index (χ0) is 20.0. The number of carbonyl (C=O) groups is 1. The third-order valence-electron chi connectivity index (χ3n) is 3.88. The highest BCUT2D eigenvalue weighted by Crippen LogP contribution is 2.29. The Morgan fingerprint density at radius 3 is 2.56 bits per heavy atom. The summed E-state index contributed by atoms with van der Waals surface area (Å²) in [5.74, 6) is 0.328. The Hall–Kier alpha value is -2.06. The number of rotatable bonds is 8. The van der Waals surface area contributed by atoms with Crippen molar-refractivity contribution in [3.8, 4) is 5.75 Å². The van der Waals surface area contributed by atoms with Crippen LogP contribution in [0.3, 0.4) is 0 Å². The highest BCUT2D eigenvalue weighted by atomic mass is 79.9. The molecule has 2 aromatic rings. The van der Waals surface area contributed by atoms with Gasteiger partial charge in [0.25, 0.3) is 15.9 Å². The molecule has 2 N–H and O–H groups in total. The molecule has 0 aliphatic carbocycles. The van der Waals surface area contributed by atoms with Crippen LogP contribution in [0.2, 0.25) is 0 Å². The predicted octanol–water partition coefficient (Wildman–Crippen LogP) is 4.18. The molecule has 0 saturated heterocycles. The summed E-state index contributed by atoms with van der Waals surface area (Å²) in [6, 6.07) is 10.9. The van der Waals surface area contributed by atoms with Crippen molar-refractivity contribution in [2.24, 2.45) is 0 Å². The lowest BCUT2D eigenvalue weighted by atomic mass is 10.2. The Labute approximate surface area is 168 Å². The van der Waals surface area contributed by atoms with Gasteiger partial charge >= 0.3 is 0 Å². The Bertz CT molecular complexity index is 916. The molecule has 0 aliphatic heterocycles. The van der Waals surface area contributed by atoms with Gasteiger partial charge in [-0.2, -0.15) is 0 Å².